The average Bonchev–Trinajstić information content (AvgIpc) is 3.13. The first-order valence-electron chi connectivity index (χ1n) is 7.81. The summed E-state index contributed by atoms with van der Waals surface area (Å²) in [5, 5.41) is 2.88. The summed E-state index contributed by atoms with van der Waals surface area (Å²) in [6.07, 6.45) is 1.76. The highest BCUT2D eigenvalue weighted by Crippen LogP contribution is 2.37. The molecule has 124 valence electrons. The first kappa shape index (κ1) is 15.6. The molecule has 1 unspecified atom stereocenters. The average molecular weight is 318 g/mol. The number of hydrogen-bond acceptors (Lipinski definition) is 4. The van der Waals surface area contributed by atoms with Gasteiger partial charge in [-0.2, -0.15) is 0 Å². The van der Waals surface area contributed by atoms with Crippen LogP contribution in [-0.4, -0.2) is 50.6 Å². The summed E-state index contributed by atoms with van der Waals surface area (Å²) in [4.78, 5) is 25.9. The second-order valence-corrected chi connectivity index (χ2v) is 6.38. The van der Waals surface area contributed by atoms with E-state index in [2.05, 4.69) is 5.32 Å². The van der Waals surface area contributed by atoms with Crippen LogP contribution >= 0.6 is 0 Å². The molecule has 6 heteroatoms. The Bertz CT molecular complexity index is 631. The molecular weight excluding hydrogens is 296 g/mol. The van der Waals surface area contributed by atoms with E-state index in [-0.39, 0.29) is 17.2 Å². The fourth-order valence-corrected chi connectivity index (χ4v) is 3.47. The van der Waals surface area contributed by atoms with Crippen LogP contribution in [-0.2, 0) is 16.0 Å². The predicted molar refractivity (Wildman–Crippen MR) is 84.5 cm³/mol. The number of ether oxygens (including phenoxy) is 2. The Morgan fingerprint density at radius 2 is 2.09 bits per heavy atom. The number of benzene rings is 1. The molecule has 0 radical (unpaired) electrons. The zero-order valence-corrected chi connectivity index (χ0v) is 13.6. The van der Waals surface area contributed by atoms with Gasteiger partial charge in [0.1, 0.15) is 0 Å². The topological polar surface area (TPSA) is 67.9 Å². The highest BCUT2D eigenvalue weighted by Gasteiger charge is 2.44. The molecular formula is C17H22N2O4. The van der Waals surface area contributed by atoms with Crippen LogP contribution in [0, 0.1) is 5.41 Å². The Balaban J connectivity index is 1.65. The number of likely N-dealkylation sites (tertiary alicyclic amines) is 1. The third kappa shape index (κ3) is 3.11. The monoisotopic (exact) mass is 318 g/mol. The molecule has 1 atom stereocenters. The van der Waals surface area contributed by atoms with Gasteiger partial charge in [0.05, 0.1) is 20.6 Å². The van der Waals surface area contributed by atoms with Gasteiger partial charge in [0.2, 0.25) is 11.8 Å². The van der Waals surface area contributed by atoms with Crippen molar-refractivity contribution in [3.05, 3.63) is 23.8 Å². The SMILES string of the molecule is COc1ccc(CC(=O)N2CCC3(CNC(=O)C3)C2)cc1OC. The summed E-state index contributed by atoms with van der Waals surface area (Å²) < 4.78 is 10.5. The van der Waals surface area contributed by atoms with Crippen molar-refractivity contribution in [2.24, 2.45) is 5.41 Å². The summed E-state index contributed by atoms with van der Waals surface area (Å²) >= 11 is 0. The molecule has 2 fully saturated rings. The molecule has 1 aromatic rings. The van der Waals surface area contributed by atoms with Crippen LogP contribution in [0.15, 0.2) is 18.2 Å². The molecule has 2 aliphatic heterocycles. The van der Waals surface area contributed by atoms with Crippen molar-refractivity contribution in [1.82, 2.24) is 10.2 Å². The molecule has 0 bridgehead atoms. The molecule has 0 aromatic heterocycles. The number of hydrogen-bond donors (Lipinski definition) is 1. The van der Waals surface area contributed by atoms with Crippen LogP contribution in [0.5, 0.6) is 11.5 Å². The second-order valence-electron chi connectivity index (χ2n) is 6.38. The van der Waals surface area contributed by atoms with Crippen molar-refractivity contribution in [3.8, 4) is 11.5 Å². The Morgan fingerprint density at radius 3 is 2.74 bits per heavy atom. The van der Waals surface area contributed by atoms with Crippen molar-refractivity contribution in [1.29, 1.82) is 0 Å². The molecule has 1 spiro atoms. The normalized spacial score (nSPS) is 23.2. The van der Waals surface area contributed by atoms with Gasteiger partial charge < -0.3 is 19.7 Å². The number of amides is 2. The molecule has 3 rings (SSSR count). The van der Waals surface area contributed by atoms with Crippen molar-refractivity contribution in [2.45, 2.75) is 19.3 Å². The Morgan fingerprint density at radius 1 is 1.30 bits per heavy atom. The number of rotatable bonds is 4. The molecule has 0 aliphatic carbocycles. The van der Waals surface area contributed by atoms with Crippen LogP contribution in [0.4, 0.5) is 0 Å². The Kier molecular flexibility index (Phi) is 4.15. The lowest BCUT2D eigenvalue weighted by atomic mass is 9.86. The number of carbonyl (C=O) groups is 2. The quantitative estimate of drug-likeness (QED) is 0.899. The first-order chi connectivity index (χ1) is 11.0. The van der Waals surface area contributed by atoms with Crippen molar-refractivity contribution in [2.75, 3.05) is 33.9 Å². The molecule has 0 saturated carbocycles. The minimum absolute atomic E-state index is 0.0512. The van der Waals surface area contributed by atoms with Crippen LogP contribution in [0.2, 0.25) is 0 Å². The van der Waals surface area contributed by atoms with Gasteiger partial charge >= 0.3 is 0 Å². The number of nitrogens with one attached hydrogen (secondary N) is 1. The largest absolute Gasteiger partial charge is 0.493 e. The van der Waals surface area contributed by atoms with Gasteiger partial charge in [-0.15, -0.1) is 0 Å². The van der Waals surface area contributed by atoms with Gasteiger partial charge in [-0.25, -0.2) is 0 Å². The van der Waals surface area contributed by atoms with E-state index in [0.717, 1.165) is 18.5 Å². The van der Waals surface area contributed by atoms with E-state index in [9.17, 15) is 9.59 Å². The maximum absolute atomic E-state index is 12.5. The van der Waals surface area contributed by atoms with E-state index in [1.807, 2.05) is 23.1 Å². The molecule has 1 aromatic carbocycles. The van der Waals surface area contributed by atoms with Crippen molar-refractivity contribution in [3.63, 3.8) is 0 Å². The minimum Gasteiger partial charge on any atom is -0.493 e. The highest BCUT2D eigenvalue weighted by atomic mass is 16.5. The van der Waals surface area contributed by atoms with Gasteiger partial charge in [-0.05, 0) is 24.1 Å². The Hall–Kier alpha value is -2.24. The van der Waals surface area contributed by atoms with E-state index in [1.165, 1.54) is 0 Å². The van der Waals surface area contributed by atoms with Crippen LogP contribution < -0.4 is 14.8 Å². The maximum Gasteiger partial charge on any atom is 0.227 e. The third-order valence-corrected chi connectivity index (χ3v) is 4.79. The molecule has 2 saturated heterocycles. The first-order valence-corrected chi connectivity index (χ1v) is 7.81. The summed E-state index contributed by atoms with van der Waals surface area (Å²) in [7, 11) is 3.17. The molecule has 2 amide bonds. The van der Waals surface area contributed by atoms with E-state index in [0.29, 0.717) is 37.4 Å². The standard InChI is InChI=1S/C17H22N2O4/c1-22-13-4-3-12(7-14(13)23-2)8-16(21)19-6-5-17(11-19)9-15(20)18-10-17/h3-4,7H,5-6,8-11H2,1-2H3,(H,18,20). The zero-order chi connectivity index (χ0) is 16.4. The fraction of sp³-hybridized carbons (Fsp3) is 0.529. The smallest absolute Gasteiger partial charge is 0.227 e. The van der Waals surface area contributed by atoms with Gasteiger partial charge in [-0.1, -0.05) is 6.07 Å². The molecule has 2 aliphatic rings. The second kappa shape index (κ2) is 6.10. The molecule has 1 N–H and O–H groups in total. The van der Waals surface area contributed by atoms with Crippen LogP contribution in [0.25, 0.3) is 0 Å². The summed E-state index contributed by atoms with van der Waals surface area (Å²) in [6.45, 7) is 2.07. The van der Waals surface area contributed by atoms with Gasteiger partial charge in [0.25, 0.3) is 0 Å². The number of methoxy groups -OCH3 is 2. The lowest BCUT2D eigenvalue weighted by molar-refractivity contribution is -0.130. The van der Waals surface area contributed by atoms with Crippen LogP contribution in [0.1, 0.15) is 18.4 Å². The third-order valence-electron chi connectivity index (χ3n) is 4.79. The fourth-order valence-electron chi connectivity index (χ4n) is 3.47. The Labute approximate surface area is 135 Å². The maximum atomic E-state index is 12.5. The van der Waals surface area contributed by atoms with Crippen molar-refractivity contribution < 1.29 is 19.1 Å². The molecule has 2 heterocycles. The number of carbonyl (C=O) groups excluding carboxylic acids is 2. The minimum atomic E-state index is -0.0512. The zero-order valence-electron chi connectivity index (χ0n) is 13.6. The summed E-state index contributed by atoms with van der Waals surface area (Å²) in [5.41, 5.74) is 0.846. The van der Waals surface area contributed by atoms with E-state index < -0.39 is 0 Å². The highest BCUT2D eigenvalue weighted by molar-refractivity contribution is 5.81. The van der Waals surface area contributed by atoms with Crippen LogP contribution in [0.3, 0.4) is 0 Å². The summed E-state index contributed by atoms with van der Waals surface area (Å²) in [6, 6.07) is 5.53. The van der Waals surface area contributed by atoms with E-state index >= 15 is 0 Å². The van der Waals surface area contributed by atoms with Gasteiger partial charge in [0, 0.05) is 31.5 Å². The predicted octanol–water partition coefficient (Wildman–Crippen LogP) is 0.985. The van der Waals surface area contributed by atoms with E-state index in [1.54, 1.807) is 14.2 Å². The van der Waals surface area contributed by atoms with Gasteiger partial charge in [0.15, 0.2) is 11.5 Å². The molecule has 6 nitrogen and oxygen atoms in total. The summed E-state index contributed by atoms with van der Waals surface area (Å²) in [5.74, 6) is 1.47. The molecule has 23 heavy (non-hydrogen) atoms. The van der Waals surface area contributed by atoms with Gasteiger partial charge in [-0.3, -0.25) is 9.59 Å². The lowest BCUT2D eigenvalue weighted by Gasteiger charge is -2.22. The van der Waals surface area contributed by atoms with Crippen molar-refractivity contribution >= 4 is 11.8 Å². The van der Waals surface area contributed by atoms with E-state index in [4.69, 9.17) is 9.47 Å². The lowest BCUT2D eigenvalue weighted by Crippen LogP contribution is -2.34. The number of nitrogens with zero attached hydrogens (tertiary/aromatic N) is 1.